The Labute approximate surface area is 446 Å². The molecule has 0 aromatic carbocycles. The van der Waals surface area contributed by atoms with E-state index < -0.39 is 6.10 Å². The normalized spacial score (nSPS) is 13.5. The van der Waals surface area contributed by atoms with E-state index in [-0.39, 0.29) is 50.4 Å². The van der Waals surface area contributed by atoms with Crippen LogP contribution in [-0.4, -0.2) is 37.2 Å². The molecule has 0 radical (unpaired) electrons. The van der Waals surface area contributed by atoms with Crippen LogP contribution in [0.1, 0.15) is 201 Å². The number of carbonyl (C=O) groups excluding carboxylic acids is 3. The zero-order valence-corrected chi connectivity index (χ0v) is 46.1. The van der Waals surface area contributed by atoms with E-state index in [9.17, 15) is 14.4 Å². The molecule has 0 aliphatic rings. The van der Waals surface area contributed by atoms with Crippen LogP contribution in [0.4, 0.5) is 0 Å². The lowest BCUT2D eigenvalue weighted by Gasteiger charge is -2.18. The smallest absolute Gasteiger partial charge is 0.306 e. The van der Waals surface area contributed by atoms with Gasteiger partial charge in [0.05, 0.1) is 0 Å². The lowest BCUT2D eigenvalue weighted by Crippen LogP contribution is -2.30. The molecule has 1 unspecified atom stereocenters. The Morgan fingerprint density at radius 2 is 0.521 bits per heavy atom. The molecule has 404 valence electrons. The molecule has 6 nitrogen and oxygen atoms in total. The summed E-state index contributed by atoms with van der Waals surface area (Å²) in [5, 5.41) is 0. The van der Waals surface area contributed by atoms with E-state index in [0.717, 1.165) is 148 Å². The Bertz CT molecular complexity index is 1770. The summed E-state index contributed by atoms with van der Waals surface area (Å²) in [6, 6.07) is 0. The second kappa shape index (κ2) is 59.1. The van der Waals surface area contributed by atoms with Crippen molar-refractivity contribution in [3.63, 3.8) is 0 Å². The van der Waals surface area contributed by atoms with Crippen LogP contribution in [0.5, 0.6) is 0 Å². The molecule has 0 aliphatic carbocycles. The molecule has 0 amide bonds. The standard InChI is InChI=1S/C67H100O6/c1-4-7-10-13-16-19-22-25-27-29-31-33-35-37-39-42-45-48-51-54-57-60-66(69)72-63-64(62-71-65(68)59-56-53-50-47-44-41-24-21-18-15-12-9-6-3)73-67(70)61-58-55-52-49-46-43-40-38-36-34-32-30-28-26-23-20-17-14-11-8-5-2/h7-12,16-21,25-28,31-34,37-41,44-45,48,50,53,64H,4-6,13-15,22-24,29-30,35-36,42-43,46-47,49,51-52,54-63H2,1-3H3/b10-7-,11-8-,12-9-,19-16-,20-17-,21-18-,27-25-,28-26-,33-31-,34-32-,39-37-,40-38-,44-41-,48-45-,53-50-. The van der Waals surface area contributed by atoms with Gasteiger partial charge in [-0.15, -0.1) is 0 Å². The van der Waals surface area contributed by atoms with E-state index in [1.165, 1.54) is 0 Å². The Morgan fingerprint density at radius 1 is 0.274 bits per heavy atom. The third-order valence-corrected chi connectivity index (χ3v) is 10.9. The van der Waals surface area contributed by atoms with E-state index in [4.69, 9.17) is 14.2 Å². The summed E-state index contributed by atoms with van der Waals surface area (Å²) in [6.45, 7) is 6.15. The topological polar surface area (TPSA) is 78.9 Å². The van der Waals surface area contributed by atoms with E-state index >= 15 is 0 Å². The summed E-state index contributed by atoms with van der Waals surface area (Å²) in [5.41, 5.74) is 0. The van der Waals surface area contributed by atoms with Crippen LogP contribution in [0.15, 0.2) is 182 Å². The number of hydrogen-bond acceptors (Lipinski definition) is 6. The third-order valence-electron chi connectivity index (χ3n) is 10.9. The fourth-order valence-electron chi connectivity index (χ4n) is 6.78. The monoisotopic (exact) mass is 1000 g/mol. The fraction of sp³-hybridized carbons (Fsp3) is 0.507. The first-order valence-corrected chi connectivity index (χ1v) is 28.3. The van der Waals surface area contributed by atoms with E-state index in [1.54, 1.807) is 0 Å². The molecule has 0 aromatic rings. The number of rotatable bonds is 48. The molecule has 6 heteroatoms. The maximum absolute atomic E-state index is 12.9. The van der Waals surface area contributed by atoms with Crippen molar-refractivity contribution in [1.82, 2.24) is 0 Å². The van der Waals surface area contributed by atoms with Gasteiger partial charge in [-0.2, -0.15) is 0 Å². The van der Waals surface area contributed by atoms with Crippen molar-refractivity contribution in [3.05, 3.63) is 182 Å². The van der Waals surface area contributed by atoms with Gasteiger partial charge in [0.1, 0.15) is 13.2 Å². The summed E-state index contributed by atoms with van der Waals surface area (Å²) in [4.78, 5) is 38.1. The van der Waals surface area contributed by atoms with Crippen LogP contribution >= 0.6 is 0 Å². The molecule has 0 spiro atoms. The predicted octanol–water partition coefficient (Wildman–Crippen LogP) is 19.3. The summed E-state index contributed by atoms with van der Waals surface area (Å²) >= 11 is 0. The van der Waals surface area contributed by atoms with Crippen molar-refractivity contribution in [3.8, 4) is 0 Å². The SMILES string of the molecule is CC/C=C\C/C=C\C/C=C\C/C=C\C/C=C\C/C=C\CCCCC(=O)OCC(COC(=O)CC/C=C\C/C=C\C/C=C\C/C=C\CC)OC(=O)CCCCCCC/C=C\C/C=C\C/C=C\C/C=C\C/C=C\CC. The molecule has 0 saturated heterocycles. The molecule has 0 saturated carbocycles. The molecule has 1 atom stereocenters. The van der Waals surface area contributed by atoms with Crippen molar-refractivity contribution >= 4 is 17.9 Å². The Kier molecular flexibility index (Phi) is 54.6. The van der Waals surface area contributed by atoms with Gasteiger partial charge in [0.15, 0.2) is 6.10 Å². The van der Waals surface area contributed by atoms with Crippen molar-refractivity contribution in [1.29, 1.82) is 0 Å². The fourth-order valence-corrected chi connectivity index (χ4v) is 6.78. The molecule has 0 bridgehead atoms. The van der Waals surface area contributed by atoms with Crippen LogP contribution in [0.3, 0.4) is 0 Å². The Balaban J connectivity index is 4.60. The van der Waals surface area contributed by atoms with Gasteiger partial charge in [-0.05, 0) is 141 Å². The largest absolute Gasteiger partial charge is 0.462 e. The zero-order valence-electron chi connectivity index (χ0n) is 46.1. The molecule has 73 heavy (non-hydrogen) atoms. The zero-order chi connectivity index (χ0) is 52.9. The average molecular weight is 1000 g/mol. The van der Waals surface area contributed by atoms with Gasteiger partial charge < -0.3 is 14.2 Å². The molecule has 0 heterocycles. The van der Waals surface area contributed by atoms with Crippen LogP contribution in [0.25, 0.3) is 0 Å². The summed E-state index contributed by atoms with van der Waals surface area (Å²) < 4.78 is 16.7. The molecule has 0 aromatic heterocycles. The average Bonchev–Trinajstić information content (AvgIpc) is 3.39. The highest BCUT2D eigenvalue weighted by Crippen LogP contribution is 2.11. The quantitative estimate of drug-likeness (QED) is 0.0262. The number of ether oxygens (including phenoxy) is 3. The number of unbranched alkanes of at least 4 members (excludes halogenated alkanes) is 7. The Morgan fingerprint density at radius 3 is 0.877 bits per heavy atom. The minimum absolute atomic E-state index is 0.141. The van der Waals surface area contributed by atoms with Crippen LogP contribution in [0.2, 0.25) is 0 Å². The first-order valence-electron chi connectivity index (χ1n) is 28.3. The van der Waals surface area contributed by atoms with Gasteiger partial charge in [0.25, 0.3) is 0 Å². The number of allylic oxidation sites excluding steroid dienone is 30. The highest BCUT2D eigenvalue weighted by atomic mass is 16.6. The van der Waals surface area contributed by atoms with Gasteiger partial charge >= 0.3 is 17.9 Å². The van der Waals surface area contributed by atoms with E-state index in [1.807, 2.05) is 12.2 Å². The molecule has 0 rings (SSSR count). The van der Waals surface area contributed by atoms with Crippen LogP contribution < -0.4 is 0 Å². The highest BCUT2D eigenvalue weighted by molar-refractivity contribution is 5.71. The van der Waals surface area contributed by atoms with Gasteiger partial charge in [-0.25, -0.2) is 0 Å². The van der Waals surface area contributed by atoms with Gasteiger partial charge in [-0.3, -0.25) is 14.4 Å². The molecule has 0 fully saturated rings. The minimum atomic E-state index is -0.847. The van der Waals surface area contributed by atoms with E-state index in [0.29, 0.717) is 12.8 Å². The summed E-state index contributed by atoms with van der Waals surface area (Å²) in [6.07, 6.45) is 89.0. The maximum Gasteiger partial charge on any atom is 0.306 e. The van der Waals surface area contributed by atoms with Gasteiger partial charge in [0.2, 0.25) is 0 Å². The first kappa shape index (κ1) is 67.5. The number of esters is 3. The number of hydrogen-bond donors (Lipinski definition) is 0. The summed E-state index contributed by atoms with van der Waals surface area (Å²) in [5.74, 6) is -1.10. The Hall–Kier alpha value is -5.49. The maximum atomic E-state index is 12.9. The first-order chi connectivity index (χ1) is 36.0. The van der Waals surface area contributed by atoms with Gasteiger partial charge in [0, 0.05) is 19.3 Å². The predicted molar refractivity (Wildman–Crippen MR) is 315 cm³/mol. The molecule has 0 N–H and O–H groups in total. The van der Waals surface area contributed by atoms with Crippen molar-refractivity contribution in [2.24, 2.45) is 0 Å². The van der Waals surface area contributed by atoms with Crippen molar-refractivity contribution in [2.75, 3.05) is 13.2 Å². The summed E-state index contributed by atoms with van der Waals surface area (Å²) in [7, 11) is 0. The molecular formula is C67H100O6. The number of carbonyl (C=O) groups is 3. The van der Waals surface area contributed by atoms with Crippen molar-refractivity contribution < 1.29 is 28.6 Å². The van der Waals surface area contributed by atoms with Gasteiger partial charge in [-0.1, -0.05) is 222 Å². The highest BCUT2D eigenvalue weighted by Gasteiger charge is 2.19. The molecular weight excluding hydrogens is 901 g/mol. The van der Waals surface area contributed by atoms with Crippen LogP contribution in [0, 0.1) is 0 Å². The minimum Gasteiger partial charge on any atom is -0.462 e. The van der Waals surface area contributed by atoms with E-state index in [2.05, 4.69) is 191 Å². The third kappa shape index (κ3) is 57.3. The molecule has 0 aliphatic heterocycles. The second-order valence-corrected chi connectivity index (χ2v) is 17.7. The lowest BCUT2D eigenvalue weighted by molar-refractivity contribution is -0.166. The van der Waals surface area contributed by atoms with Crippen LogP contribution in [-0.2, 0) is 28.6 Å². The lowest BCUT2D eigenvalue weighted by atomic mass is 10.1. The van der Waals surface area contributed by atoms with Crippen molar-refractivity contribution in [2.45, 2.75) is 207 Å². The second-order valence-electron chi connectivity index (χ2n) is 17.7.